The molecular formula is C14H18F2N2O4S. The number of halogens is 2. The number of carbonyl (C=O) groups is 1. The molecule has 1 aromatic carbocycles. The standard InChI is InChI=1S/C14H18F2N2O4S/c1-10-7-12(16)13(8-11(10)15)23(20,21)18-5-3-17(4-6-18)14(19)9-22-2/h7-8H,3-6,9H2,1-2H3. The number of hydrogen-bond donors (Lipinski definition) is 0. The maximum atomic E-state index is 13.9. The van der Waals surface area contributed by atoms with Crippen LogP contribution in [0, 0.1) is 18.6 Å². The molecule has 1 fully saturated rings. The number of piperazine rings is 1. The molecule has 1 heterocycles. The lowest BCUT2D eigenvalue weighted by Crippen LogP contribution is -2.51. The number of nitrogens with zero attached hydrogens (tertiary/aromatic N) is 2. The number of rotatable bonds is 4. The lowest BCUT2D eigenvalue weighted by Gasteiger charge is -2.34. The number of aryl methyl sites for hydroxylation is 1. The maximum Gasteiger partial charge on any atom is 0.248 e. The quantitative estimate of drug-likeness (QED) is 0.805. The fourth-order valence-corrected chi connectivity index (χ4v) is 3.84. The number of sulfonamides is 1. The molecule has 128 valence electrons. The zero-order valence-electron chi connectivity index (χ0n) is 12.9. The number of hydrogen-bond acceptors (Lipinski definition) is 4. The molecule has 23 heavy (non-hydrogen) atoms. The monoisotopic (exact) mass is 348 g/mol. The van der Waals surface area contributed by atoms with Crippen LogP contribution in [0.15, 0.2) is 17.0 Å². The van der Waals surface area contributed by atoms with Crippen LogP contribution in [0.1, 0.15) is 5.56 Å². The van der Waals surface area contributed by atoms with Crippen molar-refractivity contribution in [2.45, 2.75) is 11.8 Å². The summed E-state index contributed by atoms with van der Waals surface area (Å²) in [6.45, 7) is 1.67. The Morgan fingerprint density at radius 2 is 1.78 bits per heavy atom. The molecule has 1 amide bonds. The molecule has 6 nitrogen and oxygen atoms in total. The van der Waals surface area contributed by atoms with Gasteiger partial charge in [-0.1, -0.05) is 0 Å². The lowest BCUT2D eigenvalue weighted by atomic mass is 10.2. The van der Waals surface area contributed by atoms with Gasteiger partial charge in [-0.25, -0.2) is 17.2 Å². The van der Waals surface area contributed by atoms with Crippen molar-refractivity contribution < 1.29 is 26.7 Å². The molecule has 1 aromatic rings. The first-order valence-corrected chi connectivity index (χ1v) is 8.44. The summed E-state index contributed by atoms with van der Waals surface area (Å²) in [7, 11) is -2.75. The van der Waals surface area contributed by atoms with Crippen LogP contribution in [-0.2, 0) is 19.6 Å². The van der Waals surface area contributed by atoms with Crippen LogP contribution >= 0.6 is 0 Å². The van der Waals surface area contributed by atoms with Gasteiger partial charge in [-0.2, -0.15) is 4.31 Å². The maximum absolute atomic E-state index is 13.9. The molecule has 0 radical (unpaired) electrons. The van der Waals surface area contributed by atoms with E-state index in [0.29, 0.717) is 6.07 Å². The first kappa shape index (κ1) is 17.8. The summed E-state index contributed by atoms with van der Waals surface area (Å²) in [5.41, 5.74) is 0.0384. The van der Waals surface area contributed by atoms with E-state index in [1.807, 2.05) is 0 Å². The van der Waals surface area contributed by atoms with Crippen molar-refractivity contribution in [1.82, 2.24) is 9.21 Å². The SMILES string of the molecule is COCC(=O)N1CCN(S(=O)(=O)c2cc(F)c(C)cc2F)CC1. The highest BCUT2D eigenvalue weighted by Crippen LogP contribution is 2.23. The second-order valence-electron chi connectivity index (χ2n) is 5.25. The largest absolute Gasteiger partial charge is 0.375 e. The summed E-state index contributed by atoms with van der Waals surface area (Å²) < 4.78 is 58.3. The van der Waals surface area contributed by atoms with Crippen LogP contribution in [0.2, 0.25) is 0 Å². The molecule has 0 bridgehead atoms. The molecule has 0 aliphatic carbocycles. The molecule has 1 saturated heterocycles. The van der Waals surface area contributed by atoms with Gasteiger partial charge in [0.2, 0.25) is 15.9 Å². The minimum absolute atomic E-state index is 0.0206. The van der Waals surface area contributed by atoms with E-state index in [9.17, 15) is 22.0 Å². The van der Waals surface area contributed by atoms with Gasteiger partial charge in [-0.05, 0) is 24.6 Å². The average Bonchev–Trinajstić information content (AvgIpc) is 2.51. The Morgan fingerprint density at radius 3 is 2.35 bits per heavy atom. The molecule has 1 aliphatic heterocycles. The summed E-state index contributed by atoms with van der Waals surface area (Å²) in [6.07, 6.45) is 0. The van der Waals surface area contributed by atoms with Gasteiger partial charge in [-0.15, -0.1) is 0 Å². The van der Waals surface area contributed by atoms with E-state index >= 15 is 0 Å². The number of carbonyl (C=O) groups excluding carboxylic acids is 1. The van der Waals surface area contributed by atoms with E-state index in [-0.39, 0.29) is 44.3 Å². The predicted octanol–water partition coefficient (Wildman–Crippen LogP) is 0.753. The minimum Gasteiger partial charge on any atom is -0.375 e. The first-order valence-electron chi connectivity index (χ1n) is 7.00. The summed E-state index contributed by atoms with van der Waals surface area (Å²) >= 11 is 0. The van der Waals surface area contributed by atoms with E-state index in [1.54, 1.807) is 0 Å². The molecule has 0 unspecified atom stereocenters. The van der Waals surface area contributed by atoms with Crippen LogP contribution in [-0.4, -0.2) is 63.4 Å². The van der Waals surface area contributed by atoms with Crippen molar-refractivity contribution in [1.29, 1.82) is 0 Å². The second-order valence-corrected chi connectivity index (χ2v) is 7.16. The van der Waals surface area contributed by atoms with Crippen molar-refractivity contribution in [2.24, 2.45) is 0 Å². The van der Waals surface area contributed by atoms with E-state index in [2.05, 4.69) is 0 Å². The number of amides is 1. The van der Waals surface area contributed by atoms with Gasteiger partial charge in [0.15, 0.2) is 0 Å². The second kappa shape index (κ2) is 6.90. The van der Waals surface area contributed by atoms with Gasteiger partial charge in [0.1, 0.15) is 23.1 Å². The fraction of sp³-hybridized carbons (Fsp3) is 0.500. The van der Waals surface area contributed by atoms with E-state index in [1.165, 1.54) is 18.9 Å². The molecule has 0 atom stereocenters. The van der Waals surface area contributed by atoms with Crippen LogP contribution < -0.4 is 0 Å². The average molecular weight is 348 g/mol. The predicted molar refractivity (Wildman–Crippen MR) is 78.3 cm³/mol. The highest BCUT2D eigenvalue weighted by molar-refractivity contribution is 7.89. The third-order valence-corrected chi connectivity index (χ3v) is 5.60. The van der Waals surface area contributed by atoms with Gasteiger partial charge in [0, 0.05) is 33.3 Å². The number of benzene rings is 1. The van der Waals surface area contributed by atoms with Gasteiger partial charge in [0.05, 0.1) is 0 Å². The Bertz CT molecular complexity index is 701. The highest BCUT2D eigenvalue weighted by Gasteiger charge is 2.32. The van der Waals surface area contributed by atoms with Crippen LogP contribution in [0.4, 0.5) is 8.78 Å². The van der Waals surface area contributed by atoms with Crippen molar-refractivity contribution in [3.63, 3.8) is 0 Å². The van der Waals surface area contributed by atoms with E-state index in [0.717, 1.165) is 10.4 Å². The zero-order valence-corrected chi connectivity index (χ0v) is 13.7. The van der Waals surface area contributed by atoms with Gasteiger partial charge in [-0.3, -0.25) is 4.79 Å². The highest BCUT2D eigenvalue weighted by atomic mass is 32.2. The normalized spacial score (nSPS) is 16.6. The Hall–Kier alpha value is -1.58. The zero-order chi connectivity index (χ0) is 17.2. The molecule has 0 N–H and O–H groups in total. The van der Waals surface area contributed by atoms with Gasteiger partial charge < -0.3 is 9.64 Å². The van der Waals surface area contributed by atoms with Crippen LogP contribution in [0.25, 0.3) is 0 Å². The van der Waals surface area contributed by atoms with Crippen molar-refractivity contribution in [2.75, 3.05) is 39.9 Å². The molecular weight excluding hydrogens is 330 g/mol. The Balaban J connectivity index is 2.17. The van der Waals surface area contributed by atoms with Crippen LogP contribution in [0.5, 0.6) is 0 Å². The lowest BCUT2D eigenvalue weighted by molar-refractivity contribution is -0.136. The molecule has 2 rings (SSSR count). The third-order valence-electron chi connectivity index (χ3n) is 3.69. The molecule has 0 spiro atoms. The molecule has 0 aromatic heterocycles. The molecule has 9 heteroatoms. The number of methoxy groups -OCH3 is 1. The summed E-state index contributed by atoms with van der Waals surface area (Å²) in [6, 6.07) is 1.56. The number of ether oxygens (including phenoxy) is 1. The van der Waals surface area contributed by atoms with E-state index < -0.39 is 26.6 Å². The Labute approximate surface area is 133 Å². The van der Waals surface area contributed by atoms with E-state index in [4.69, 9.17) is 4.74 Å². The summed E-state index contributed by atoms with van der Waals surface area (Å²) in [4.78, 5) is 12.5. The summed E-state index contributed by atoms with van der Waals surface area (Å²) in [5.74, 6) is -2.00. The van der Waals surface area contributed by atoms with Gasteiger partial charge in [0.25, 0.3) is 0 Å². The van der Waals surface area contributed by atoms with Crippen molar-refractivity contribution in [3.8, 4) is 0 Å². The first-order chi connectivity index (χ1) is 10.8. The third kappa shape index (κ3) is 3.67. The van der Waals surface area contributed by atoms with Gasteiger partial charge >= 0.3 is 0 Å². The Kier molecular flexibility index (Phi) is 5.33. The molecule has 1 aliphatic rings. The smallest absolute Gasteiger partial charge is 0.248 e. The Morgan fingerprint density at radius 1 is 1.17 bits per heavy atom. The fourth-order valence-electron chi connectivity index (χ4n) is 2.36. The van der Waals surface area contributed by atoms with Crippen LogP contribution in [0.3, 0.4) is 0 Å². The molecule has 0 saturated carbocycles. The van der Waals surface area contributed by atoms with Crippen molar-refractivity contribution in [3.05, 3.63) is 29.3 Å². The minimum atomic E-state index is -4.14. The van der Waals surface area contributed by atoms with Crippen molar-refractivity contribution >= 4 is 15.9 Å². The topological polar surface area (TPSA) is 66.9 Å². The summed E-state index contributed by atoms with van der Waals surface area (Å²) in [5, 5.41) is 0.